The average molecular weight is 549 g/mol. The van der Waals surface area contributed by atoms with Gasteiger partial charge in [0, 0.05) is 5.57 Å². The second kappa shape index (κ2) is 10.5. The lowest BCUT2D eigenvalue weighted by Crippen LogP contribution is -2.11. The maximum absolute atomic E-state index is 13.5. The molecule has 1 aliphatic carbocycles. The highest BCUT2D eigenvalue weighted by molar-refractivity contribution is 6.06. The number of rotatable bonds is 5. The number of halogens is 6. The van der Waals surface area contributed by atoms with Crippen molar-refractivity contribution in [3.05, 3.63) is 106 Å². The van der Waals surface area contributed by atoms with Crippen LogP contribution in [0, 0.1) is 22.7 Å². The van der Waals surface area contributed by atoms with Gasteiger partial charge in [-0.05, 0) is 99.3 Å². The molecule has 0 bridgehead atoms. The van der Waals surface area contributed by atoms with Gasteiger partial charge in [0.25, 0.3) is 0 Å². The highest BCUT2D eigenvalue weighted by Gasteiger charge is 2.37. The minimum atomic E-state index is -5.00. The maximum atomic E-state index is 13.5. The van der Waals surface area contributed by atoms with Gasteiger partial charge in [-0.2, -0.15) is 36.9 Å². The summed E-state index contributed by atoms with van der Waals surface area (Å²) in [4.78, 5) is 0. The third-order valence-corrected chi connectivity index (χ3v) is 6.77. The molecule has 3 aromatic carbocycles. The van der Waals surface area contributed by atoms with E-state index in [0.29, 0.717) is 40.8 Å². The molecule has 8 heteroatoms. The summed E-state index contributed by atoms with van der Waals surface area (Å²) in [6, 6.07) is 13.4. The molecule has 0 heterocycles. The van der Waals surface area contributed by atoms with Gasteiger partial charge in [0.15, 0.2) is 0 Å². The number of hydrogen-bond donors (Lipinski definition) is 0. The first kappa shape index (κ1) is 28.4. The highest BCUT2D eigenvalue weighted by atomic mass is 19.4. The van der Waals surface area contributed by atoms with Crippen LogP contribution in [0.4, 0.5) is 26.3 Å². The number of nitriles is 2. The summed E-state index contributed by atoms with van der Waals surface area (Å²) < 4.78 is 81.0. The Balaban J connectivity index is 2.00. The predicted molar refractivity (Wildman–Crippen MR) is 142 cm³/mol. The van der Waals surface area contributed by atoms with E-state index >= 15 is 0 Å². The Kier molecular flexibility index (Phi) is 7.50. The van der Waals surface area contributed by atoms with Gasteiger partial charge < -0.3 is 0 Å². The zero-order valence-electron chi connectivity index (χ0n) is 21.6. The van der Waals surface area contributed by atoms with E-state index in [0.717, 1.165) is 23.1 Å². The normalized spacial score (nSPS) is 12.6. The van der Waals surface area contributed by atoms with Gasteiger partial charge >= 0.3 is 12.4 Å². The van der Waals surface area contributed by atoms with Crippen LogP contribution in [-0.4, -0.2) is 0 Å². The molecule has 0 unspecified atom stereocenters. The summed E-state index contributed by atoms with van der Waals surface area (Å²) in [5.41, 5.74) is 1.84. The van der Waals surface area contributed by atoms with E-state index in [2.05, 4.69) is 6.58 Å². The molecular weight excluding hydrogens is 526 g/mol. The Morgan fingerprint density at radius 1 is 0.775 bits per heavy atom. The molecule has 0 radical (unpaired) electrons. The summed E-state index contributed by atoms with van der Waals surface area (Å²) in [5.74, 6) is 0. The molecule has 0 aromatic heterocycles. The van der Waals surface area contributed by atoms with Crippen LogP contribution < -0.4 is 0 Å². The summed E-state index contributed by atoms with van der Waals surface area (Å²) in [6.45, 7) is 8.10. The minimum Gasteiger partial charge on any atom is -0.192 e. The van der Waals surface area contributed by atoms with E-state index in [1.165, 1.54) is 12.1 Å². The highest BCUT2D eigenvalue weighted by Crippen LogP contribution is 2.49. The fourth-order valence-electron chi connectivity index (χ4n) is 4.85. The van der Waals surface area contributed by atoms with Gasteiger partial charge in [-0.1, -0.05) is 44.7 Å². The zero-order chi connectivity index (χ0) is 29.4. The number of fused-ring (bicyclic) bond motifs is 3. The lowest BCUT2D eigenvalue weighted by Gasteiger charge is -2.15. The topological polar surface area (TPSA) is 47.6 Å². The summed E-state index contributed by atoms with van der Waals surface area (Å²) in [6.07, 6.45) is -4.69. The van der Waals surface area contributed by atoms with Gasteiger partial charge in [-0.3, -0.25) is 0 Å². The molecule has 1 aliphatic rings. The van der Waals surface area contributed by atoms with Crippen molar-refractivity contribution in [1.82, 2.24) is 0 Å². The molecule has 0 N–H and O–H groups in total. The van der Waals surface area contributed by atoms with Crippen molar-refractivity contribution < 1.29 is 26.3 Å². The lowest BCUT2D eigenvalue weighted by atomic mass is 9.91. The van der Waals surface area contributed by atoms with Crippen LogP contribution in [-0.2, 0) is 18.8 Å². The van der Waals surface area contributed by atoms with Gasteiger partial charge in [0.2, 0.25) is 0 Å². The van der Waals surface area contributed by atoms with Crippen molar-refractivity contribution in [3.8, 4) is 34.4 Å². The SMILES string of the molecule is C=C(/C=C\CC)c1cc2c(cc1CC)C(=C(C#N)C#N)c1cc(-c3cc(C(F)(F)F)cc(C(F)(F)F)c3)ccc1-2. The fraction of sp³-hybridized carbons (Fsp3) is 0.188. The van der Waals surface area contributed by atoms with Crippen molar-refractivity contribution in [2.75, 3.05) is 0 Å². The van der Waals surface area contributed by atoms with Crippen molar-refractivity contribution in [2.24, 2.45) is 0 Å². The monoisotopic (exact) mass is 548 g/mol. The Bertz CT molecular complexity index is 1620. The van der Waals surface area contributed by atoms with Crippen LogP contribution in [0.2, 0.25) is 0 Å². The van der Waals surface area contributed by atoms with Crippen molar-refractivity contribution in [2.45, 2.75) is 39.0 Å². The quantitative estimate of drug-likeness (QED) is 0.142. The van der Waals surface area contributed by atoms with E-state index in [1.54, 1.807) is 6.07 Å². The van der Waals surface area contributed by atoms with Crippen LogP contribution in [0.3, 0.4) is 0 Å². The second-order valence-electron chi connectivity index (χ2n) is 9.27. The maximum Gasteiger partial charge on any atom is 0.416 e. The van der Waals surface area contributed by atoms with Gasteiger partial charge in [0.1, 0.15) is 17.7 Å². The van der Waals surface area contributed by atoms with Crippen molar-refractivity contribution in [3.63, 3.8) is 0 Å². The number of nitrogens with zero attached hydrogens (tertiary/aromatic N) is 2. The number of alkyl halides is 6. The van der Waals surface area contributed by atoms with Gasteiger partial charge in [0.05, 0.1) is 11.1 Å². The van der Waals surface area contributed by atoms with Crippen molar-refractivity contribution >= 4 is 11.1 Å². The van der Waals surface area contributed by atoms with E-state index in [9.17, 15) is 36.9 Å². The Labute approximate surface area is 227 Å². The molecule has 202 valence electrons. The van der Waals surface area contributed by atoms with Crippen LogP contribution in [0.25, 0.3) is 33.4 Å². The van der Waals surface area contributed by atoms with Crippen LogP contribution in [0.1, 0.15) is 53.6 Å². The number of aryl methyl sites for hydroxylation is 1. The number of benzene rings is 3. The Hall–Kier alpha value is -4.56. The molecule has 0 atom stereocenters. The predicted octanol–water partition coefficient (Wildman–Crippen LogP) is 9.76. The summed E-state index contributed by atoms with van der Waals surface area (Å²) in [5, 5.41) is 19.5. The average Bonchev–Trinajstić information content (AvgIpc) is 3.23. The van der Waals surface area contributed by atoms with Crippen LogP contribution in [0.15, 0.2) is 72.8 Å². The van der Waals surface area contributed by atoms with E-state index in [1.807, 2.05) is 50.3 Å². The van der Waals surface area contributed by atoms with Crippen molar-refractivity contribution in [1.29, 1.82) is 10.5 Å². The van der Waals surface area contributed by atoms with E-state index in [4.69, 9.17) is 0 Å². The molecule has 4 rings (SSSR count). The van der Waals surface area contributed by atoms with Gasteiger partial charge in [-0.25, -0.2) is 0 Å². The van der Waals surface area contributed by atoms with E-state index < -0.39 is 23.5 Å². The van der Waals surface area contributed by atoms with Crippen LogP contribution >= 0.6 is 0 Å². The standard InChI is InChI=1S/C32H22F6N2/c1-4-6-7-18(3)26-15-27-25-9-8-20(21-10-23(31(33,34)35)14-24(11-21)32(36,37)38)13-28(25)30(22(16-39)17-40)29(27)12-19(26)5-2/h6-15H,3-5H2,1-2H3/b7-6-. The summed E-state index contributed by atoms with van der Waals surface area (Å²) >= 11 is 0. The fourth-order valence-corrected chi connectivity index (χ4v) is 4.85. The smallest absolute Gasteiger partial charge is 0.192 e. The molecule has 0 fully saturated rings. The largest absolute Gasteiger partial charge is 0.416 e. The van der Waals surface area contributed by atoms with E-state index in [-0.39, 0.29) is 28.3 Å². The number of hydrogen-bond acceptors (Lipinski definition) is 2. The first-order chi connectivity index (χ1) is 18.8. The lowest BCUT2D eigenvalue weighted by molar-refractivity contribution is -0.143. The number of allylic oxidation sites excluding steroid dienone is 4. The first-order valence-electron chi connectivity index (χ1n) is 12.4. The summed E-state index contributed by atoms with van der Waals surface area (Å²) in [7, 11) is 0. The Morgan fingerprint density at radius 2 is 1.38 bits per heavy atom. The molecule has 3 aromatic rings. The third-order valence-electron chi connectivity index (χ3n) is 6.77. The first-order valence-corrected chi connectivity index (χ1v) is 12.4. The molecule has 0 saturated heterocycles. The molecule has 0 spiro atoms. The molecule has 0 aliphatic heterocycles. The molecule has 40 heavy (non-hydrogen) atoms. The molecule has 0 saturated carbocycles. The minimum absolute atomic E-state index is 0.0786. The third kappa shape index (κ3) is 5.18. The zero-order valence-corrected chi connectivity index (χ0v) is 21.6. The molecule has 2 nitrogen and oxygen atoms in total. The van der Waals surface area contributed by atoms with Crippen LogP contribution in [0.5, 0.6) is 0 Å². The van der Waals surface area contributed by atoms with Gasteiger partial charge in [-0.15, -0.1) is 0 Å². The Morgan fingerprint density at radius 3 is 1.90 bits per heavy atom. The molecular formula is C32H22F6N2. The molecule has 0 amide bonds. The second-order valence-corrected chi connectivity index (χ2v) is 9.27.